The lowest BCUT2D eigenvalue weighted by Gasteiger charge is -2.13. The predicted molar refractivity (Wildman–Crippen MR) is 59.4 cm³/mol. The largest absolute Gasteiger partial charge is 0.245 e. The quantitative estimate of drug-likeness (QED) is 0.784. The Balaban J connectivity index is 2.90. The van der Waals surface area contributed by atoms with Gasteiger partial charge in [-0.1, -0.05) is 20.8 Å². The van der Waals surface area contributed by atoms with Crippen LogP contribution in [0.3, 0.4) is 0 Å². The summed E-state index contributed by atoms with van der Waals surface area (Å²) >= 11 is 1.52. The van der Waals surface area contributed by atoms with Crippen molar-refractivity contribution >= 4 is 21.2 Å². The van der Waals surface area contributed by atoms with Crippen LogP contribution in [0.4, 0.5) is 0 Å². The number of aromatic nitrogens is 1. The van der Waals surface area contributed by atoms with Gasteiger partial charge in [0.2, 0.25) is 0 Å². The fourth-order valence-corrected chi connectivity index (χ4v) is 2.68. The van der Waals surface area contributed by atoms with E-state index in [0.29, 0.717) is 5.69 Å². The van der Waals surface area contributed by atoms with Gasteiger partial charge < -0.3 is 0 Å². The zero-order valence-electron chi connectivity index (χ0n) is 8.86. The van der Waals surface area contributed by atoms with Crippen molar-refractivity contribution in [3.8, 4) is 0 Å². The first-order chi connectivity index (χ1) is 6.18. The van der Waals surface area contributed by atoms with Crippen LogP contribution in [0.15, 0.2) is 5.38 Å². The van der Waals surface area contributed by atoms with Crippen LogP contribution in [-0.4, -0.2) is 19.7 Å². The fraction of sp³-hybridized carbons (Fsp3) is 0.667. The molecule has 0 bridgehead atoms. The second-order valence-corrected chi connectivity index (χ2v) is 7.46. The van der Waals surface area contributed by atoms with E-state index in [2.05, 4.69) is 25.8 Å². The lowest BCUT2D eigenvalue weighted by Crippen LogP contribution is -2.11. The Morgan fingerprint density at radius 2 is 2.00 bits per heavy atom. The van der Waals surface area contributed by atoms with Crippen LogP contribution in [0.25, 0.3) is 0 Å². The molecule has 0 atom stereocenters. The van der Waals surface area contributed by atoms with Crippen molar-refractivity contribution in [2.75, 3.05) is 6.26 Å². The molecular formula is C9H15NO2S2. The molecule has 0 aliphatic carbocycles. The van der Waals surface area contributed by atoms with Gasteiger partial charge in [-0.3, -0.25) is 0 Å². The first kappa shape index (κ1) is 11.7. The number of hydrogen-bond donors (Lipinski definition) is 0. The number of nitrogens with zero attached hydrogens (tertiary/aromatic N) is 1. The smallest absolute Gasteiger partial charge is 0.153 e. The van der Waals surface area contributed by atoms with Crippen LogP contribution in [0.2, 0.25) is 0 Å². The zero-order valence-corrected chi connectivity index (χ0v) is 10.5. The van der Waals surface area contributed by atoms with Crippen molar-refractivity contribution in [1.29, 1.82) is 0 Å². The molecule has 0 saturated heterocycles. The highest BCUT2D eigenvalue weighted by molar-refractivity contribution is 7.89. The molecule has 0 radical (unpaired) electrons. The van der Waals surface area contributed by atoms with Gasteiger partial charge in [-0.2, -0.15) is 0 Å². The molecule has 1 rings (SSSR count). The summed E-state index contributed by atoms with van der Waals surface area (Å²) in [5.74, 6) is 0.0413. The molecular weight excluding hydrogens is 218 g/mol. The van der Waals surface area contributed by atoms with E-state index in [0.717, 1.165) is 5.01 Å². The lowest BCUT2D eigenvalue weighted by atomic mass is 9.98. The average Bonchev–Trinajstić information content (AvgIpc) is 2.29. The summed E-state index contributed by atoms with van der Waals surface area (Å²) in [7, 11) is -2.97. The van der Waals surface area contributed by atoms with Gasteiger partial charge in [0.05, 0.1) is 16.5 Å². The molecule has 0 aliphatic rings. The van der Waals surface area contributed by atoms with E-state index in [-0.39, 0.29) is 11.2 Å². The topological polar surface area (TPSA) is 47.0 Å². The van der Waals surface area contributed by atoms with E-state index in [9.17, 15) is 8.42 Å². The van der Waals surface area contributed by atoms with E-state index in [1.165, 1.54) is 17.6 Å². The molecule has 80 valence electrons. The van der Waals surface area contributed by atoms with Gasteiger partial charge >= 0.3 is 0 Å². The van der Waals surface area contributed by atoms with Gasteiger partial charge in [0.15, 0.2) is 9.84 Å². The van der Waals surface area contributed by atoms with Gasteiger partial charge in [-0.25, -0.2) is 13.4 Å². The molecule has 1 aromatic rings. The summed E-state index contributed by atoms with van der Waals surface area (Å²) in [6.45, 7) is 6.20. The number of sulfone groups is 1. The number of hydrogen-bond acceptors (Lipinski definition) is 4. The summed E-state index contributed by atoms with van der Waals surface area (Å²) in [5.41, 5.74) is 0.655. The Morgan fingerprint density at radius 3 is 2.36 bits per heavy atom. The van der Waals surface area contributed by atoms with Crippen LogP contribution >= 0.6 is 11.3 Å². The third-order valence-electron chi connectivity index (χ3n) is 1.60. The van der Waals surface area contributed by atoms with Crippen molar-refractivity contribution in [1.82, 2.24) is 4.98 Å². The number of thiazole rings is 1. The summed E-state index contributed by atoms with van der Waals surface area (Å²) in [5, 5.41) is 2.80. The van der Waals surface area contributed by atoms with E-state index >= 15 is 0 Å². The first-order valence-corrected chi connectivity index (χ1v) is 7.25. The molecule has 0 unspecified atom stereocenters. The van der Waals surface area contributed by atoms with E-state index in [1.807, 2.05) is 5.38 Å². The SMILES string of the molecule is CC(C)(C)c1nc(CS(C)(=O)=O)cs1. The van der Waals surface area contributed by atoms with Crippen molar-refractivity contribution in [2.45, 2.75) is 31.9 Å². The molecule has 0 fully saturated rings. The first-order valence-electron chi connectivity index (χ1n) is 4.31. The number of rotatable bonds is 2. The molecule has 3 nitrogen and oxygen atoms in total. The monoisotopic (exact) mass is 233 g/mol. The normalized spacial score (nSPS) is 13.1. The predicted octanol–water partition coefficient (Wildman–Crippen LogP) is 1.99. The van der Waals surface area contributed by atoms with Gasteiger partial charge in [-0.15, -0.1) is 11.3 Å². The van der Waals surface area contributed by atoms with E-state index in [1.54, 1.807) is 0 Å². The Labute approximate surface area is 89.1 Å². The minimum absolute atomic E-state index is 0.000417. The molecule has 0 N–H and O–H groups in total. The summed E-state index contributed by atoms with van der Waals surface area (Å²) in [6, 6.07) is 0. The Hall–Kier alpha value is -0.420. The molecule has 0 aliphatic heterocycles. The van der Waals surface area contributed by atoms with Crippen LogP contribution in [-0.2, 0) is 21.0 Å². The Bertz CT molecular complexity index is 412. The lowest BCUT2D eigenvalue weighted by molar-refractivity contribution is 0.581. The average molecular weight is 233 g/mol. The molecule has 0 amide bonds. The van der Waals surface area contributed by atoms with Crippen LogP contribution in [0.5, 0.6) is 0 Å². The maximum atomic E-state index is 11.0. The van der Waals surface area contributed by atoms with Crippen molar-refractivity contribution in [3.63, 3.8) is 0 Å². The van der Waals surface area contributed by atoms with Crippen LogP contribution < -0.4 is 0 Å². The van der Waals surface area contributed by atoms with Gasteiger partial charge in [-0.05, 0) is 0 Å². The van der Waals surface area contributed by atoms with Gasteiger partial charge in [0.25, 0.3) is 0 Å². The third-order valence-corrected chi connectivity index (χ3v) is 3.74. The Morgan fingerprint density at radius 1 is 1.43 bits per heavy atom. The maximum absolute atomic E-state index is 11.0. The minimum atomic E-state index is -2.97. The molecule has 1 heterocycles. The molecule has 0 aromatic carbocycles. The highest BCUT2D eigenvalue weighted by Crippen LogP contribution is 2.25. The Kier molecular flexibility index (Phi) is 3.02. The van der Waals surface area contributed by atoms with E-state index in [4.69, 9.17) is 0 Å². The minimum Gasteiger partial charge on any atom is -0.245 e. The van der Waals surface area contributed by atoms with Crippen molar-refractivity contribution in [3.05, 3.63) is 16.1 Å². The van der Waals surface area contributed by atoms with Gasteiger partial charge in [0, 0.05) is 17.1 Å². The summed E-state index contributed by atoms with van der Waals surface area (Å²) < 4.78 is 22.0. The molecule has 1 aromatic heterocycles. The second kappa shape index (κ2) is 3.62. The van der Waals surface area contributed by atoms with Crippen molar-refractivity contribution in [2.24, 2.45) is 0 Å². The zero-order chi connectivity index (χ0) is 11.0. The molecule has 5 heteroatoms. The highest BCUT2D eigenvalue weighted by Gasteiger charge is 2.18. The fourth-order valence-electron chi connectivity index (χ4n) is 0.986. The second-order valence-electron chi connectivity index (χ2n) is 4.46. The summed E-state index contributed by atoms with van der Waals surface area (Å²) in [6.07, 6.45) is 1.23. The van der Waals surface area contributed by atoms with Crippen LogP contribution in [0, 0.1) is 0 Å². The summed E-state index contributed by atoms with van der Waals surface area (Å²) in [4.78, 5) is 4.31. The van der Waals surface area contributed by atoms with Gasteiger partial charge in [0.1, 0.15) is 0 Å². The van der Waals surface area contributed by atoms with E-state index < -0.39 is 9.84 Å². The standard InChI is InChI=1S/C9H15NO2S2/c1-9(2,3)8-10-7(5-13-8)6-14(4,11)12/h5H,6H2,1-4H3. The van der Waals surface area contributed by atoms with Crippen molar-refractivity contribution < 1.29 is 8.42 Å². The highest BCUT2D eigenvalue weighted by atomic mass is 32.2. The maximum Gasteiger partial charge on any atom is 0.153 e. The van der Waals surface area contributed by atoms with Crippen LogP contribution in [0.1, 0.15) is 31.5 Å². The molecule has 0 saturated carbocycles. The molecule has 14 heavy (non-hydrogen) atoms. The third kappa shape index (κ3) is 3.38. The molecule has 0 spiro atoms.